The maximum Gasteiger partial charge on any atom is 0.0847 e. The second kappa shape index (κ2) is 6.21. The second-order valence-electron chi connectivity index (χ2n) is 5.86. The van der Waals surface area contributed by atoms with E-state index in [-0.39, 0.29) is 0 Å². The van der Waals surface area contributed by atoms with Gasteiger partial charge in [0, 0.05) is 9.75 Å². The highest BCUT2D eigenvalue weighted by Gasteiger charge is 2.38. The maximum absolute atomic E-state index is 5.70. The van der Waals surface area contributed by atoms with Crippen molar-refractivity contribution in [1.29, 1.82) is 0 Å². The van der Waals surface area contributed by atoms with E-state index in [0.717, 1.165) is 5.92 Å². The second-order valence-corrected chi connectivity index (χ2v) is 7.06. The Hall–Kier alpha value is -0.340. The molecule has 18 heavy (non-hydrogen) atoms. The zero-order valence-corrected chi connectivity index (χ0v) is 12.9. The largest absolute Gasteiger partial charge is 0.370 e. The number of hydrogen-bond donors (Lipinski definition) is 0. The molecule has 0 radical (unpaired) electrons. The van der Waals surface area contributed by atoms with Crippen LogP contribution in [0.3, 0.4) is 0 Å². The van der Waals surface area contributed by atoms with E-state index in [2.05, 4.69) is 39.8 Å². The van der Waals surface area contributed by atoms with Crippen LogP contribution in [0.25, 0.3) is 0 Å². The number of hydrogen-bond acceptors (Lipinski definition) is 2. The smallest absolute Gasteiger partial charge is 0.0847 e. The van der Waals surface area contributed by atoms with Crippen molar-refractivity contribution in [3.63, 3.8) is 0 Å². The average Bonchev–Trinajstić information content (AvgIpc) is 2.95. The zero-order chi connectivity index (χ0) is 13.1. The van der Waals surface area contributed by atoms with E-state index >= 15 is 0 Å². The van der Waals surface area contributed by atoms with E-state index in [1.807, 2.05) is 11.3 Å². The van der Waals surface area contributed by atoms with Crippen molar-refractivity contribution in [1.82, 2.24) is 0 Å². The summed E-state index contributed by atoms with van der Waals surface area (Å²) in [5.74, 6) is 1.46. The number of thiophene rings is 1. The van der Waals surface area contributed by atoms with E-state index in [9.17, 15) is 0 Å². The van der Waals surface area contributed by atoms with Crippen molar-refractivity contribution in [2.24, 2.45) is 5.92 Å². The lowest BCUT2D eigenvalue weighted by Gasteiger charge is -2.11. The summed E-state index contributed by atoms with van der Waals surface area (Å²) in [6, 6.07) is 4.67. The van der Waals surface area contributed by atoms with Crippen LogP contribution in [0.15, 0.2) is 12.1 Å². The zero-order valence-electron chi connectivity index (χ0n) is 12.1. The monoisotopic (exact) mass is 266 g/mol. The van der Waals surface area contributed by atoms with Crippen LogP contribution in [0.5, 0.6) is 0 Å². The number of ether oxygens (including phenoxy) is 1. The van der Waals surface area contributed by atoms with E-state index in [1.165, 1.54) is 25.7 Å². The highest BCUT2D eigenvalue weighted by atomic mass is 32.1. The third-order valence-corrected chi connectivity index (χ3v) is 5.06. The normalized spacial score (nSPS) is 24.5. The maximum atomic E-state index is 5.70. The minimum Gasteiger partial charge on any atom is -0.370 e. The van der Waals surface area contributed by atoms with Gasteiger partial charge in [0.05, 0.1) is 12.2 Å². The molecule has 0 saturated carbocycles. The first-order chi connectivity index (χ1) is 8.63. The summed E-state index contributed by atoms with van der Waals surface area (Å²) in [5, 5.41) is 0. The molecule has 0 spiro atoms. The molecule has 2 heterocycles. The molecule has 0 aliphatic carbocycles. The molecule has 2 heteroatoms. The molecule has 102 valence electrons. The van der Waals surface area contributed by atoms with Gasteiger partial charge in [0.25, 0.3) is 0 Å². The fourth-order valence-corrected chi connectivity index (χ4v) is 4.06. The Balaban J connectivity index is 1.93. The molecule has 1 aliphatic rings. The van der Waals surface area contributed by atoms with Gasteiger partial charge in [-0.2, -0.15) is 0 Å². The van der Waals surface area contributed by atoms with Crippen LogP contribution in [-0.4, -0.2) is 12.2 Å². The molecule has 1 aromatic rings. The van der Waals surface area contributed by atoms with Crippen LogP contribution in [0.4, 0.5) is 0 Å². The first-order valence-electron chi connectivity index (χ1n) is 7.38. The van der Waals surface area contributed by atoms with Crippen molar-refractivity contribution in [3.05, 3.63) is 21.9 Å². The van der Waals surface area contributed by atoms with Crippen LogP contribution in [0.1, 0.15) is 62.6 Å². The lowest BCUT2D eigenvalue weighted by atomic mass is 9.97. The summed E-state index contributed by atoms with van der Waals surface area (Å²) >= 11 is 2.02. The third kappa shape index (κ3) is 3.58. The summed E-state index contributed by atoms with van der Waals surface area (Å²) in [4.78, 5) is 3.11. The molecule has 1 aromatic heterocycles. The van der Waals surface area contributed by atoms with Gasteiger partial charge in [-0.1, -0.05) is 27.7 Å². The molecule has 3 unspecified atom stereocenters. The molecule has 1 aliphatic heterocycles. The van der Waals surface area contributed by atoms with Gasteiger partial charge in [-0.25, -0.2) is 0 Å². The van der Waals surface area contributed by atoms with Gasteiger partial charge < -0.3 is 4.74 Å². The highest BCUT2D eigenvalue weighted by Crippen LogP contribution is 2.38. The summed E-state index contributed by atoms with van der Waals surface area (Å²) < 4.78 is 5.70. The van der Waals surface area contributed by atoms with Gasteiger partial charge in [0.2, 0.25) is 0 Å². The molecule has 0 amide bonds. The van der Waals surface area contributed by atoms with Crippen LogP contribution in [0.2, 0.25) is 0 Å². The Bertz CT molecular complexity index is 369. The molecule has 1 saturated heterocycles. The van der Waals surface area contributed by atoms with Gasteiger partial charge in [-0.3, -0.25) is 0 Å². The molecular weight excluding hydrogens is 240 g/mol. The van der Waals surface area contributed by atoms with Crippen molar-refractivity contribution in [3.8, 4) is 0 Å². The number of epoxide rings is 1. The van der Waals surface area contributed by atoms with Gasteiger partial charge in [0.15, 0.2) is 0 Å². The minimum absolute atomic E-state index is 0.538. The molecular formula is C16H26OS. The van der Waals surface area contributed by atoms with Gasteiger partial charge in [-0.15, -0.1) is 11.3 Å². The predicted molar refractivity (Wildman–Crippen MR) is 79.5 cm³/mol. The lowest BCUT2D eigenvalue weighted by Crippen LogP contribution is -2.02. The van der Waals surface area contributed by atoms with Crippen molar-refractivity contribution < 1.29 is 4.74 Å². The van der Waals surface area contributed by atoms with E-state index < -0.39 is 0 Å². The fourth-order valence-electron chi connectivity index (χ4n) is 2.64. The summed E-state index contributed by atoms with van der Waals surface area (Å²) in [6.07, 6.45) is 5.93. The molecule has 2 rings (SSSR count). The Morgan fingerprint density at radius 3 is 2.56 bits per heavy atom. The Morgan fingerprint density at radius 1 is 1.22 bits per heavy atom. The fraction of sp³-hybridized carbons (Fsp3) is 0.750. The quantitative estimate of drug-likeness (QED) is 0.632. The molecule has 0 N–H and O–H groups in total. The van der Waals surface area contributed by atoms with Crippen LogP contribution < -0.4 is 0 Å². The Kier molecular flexibility index (Phi) is 4.85. The van der Waals surface area contributed by atoms with Crippen molar-refractivity contribution in [2.45, 2.75) is 71.5 Å². The predicted octanol–water partition coefficient (Wildman–Crippen LogP) is 5.01. The van der Waals surface area contributed by atoms with E-state index in [4.69, 9.17) is 4.74 Å². The Labute approximate surface area is 116 Å². The van der Waals surface area contributed by atoms with Crippen LogP contribution in [-0.2, 0) is 11.2 Å². The molecule has 1 fully saturated rings. The van der Waals surface area contributed by atoms with Crippen molar-refractivity contribution in [2.75, 3.05) is 0 Å². The first kappa shape index (κ1) is 14.1. The summed E-state index contributed by atoms with van der Waals surface area (Å²) in [5.41, 5.74) is 0. The standard InChI is InChI=1S/C16H26OS/c1-5-12(10-15-14(6-2)17-15)16-8-7-13(18-16)9-11(3)4/h7-8,11-12,14-15H,5-6,9-10H2,1-4H3. The average molecular weight is 266 g/mol. The molecule has 0 aromatic carbocycles. The molecule has 0 bridgehead atoms. The number of rotatable bonds is 7. The van der Waals surface area contributed by atoms with Gasteiger partial charge in [0.1, 0.15) is 0 Å². The summed E-state index contributed by atoms with van der Waals surface area (Å²) in [6.45, 7) is 9.11. The summed E-state index contributed by atoms with van der Waals surface area (Å²) in [7, 11) is 0. The third-order valence-electron chi connectivity index (χ3n) is 3.79. The van der Waals surface area contributed by atoms with E-state index in [1.54, 1.807) is 9.75 Å². The SMILES string of the molecule is CCC(CC1OC1CC)c1ccc(CC(C)C)s1. The van der Waals surface area contributed by atoms with Crippen molar-refractivity contribution >= 4 is 11.3 Å². The van der Waals surface area contributed by atoms with Gasteiger partial charge >= 0.3 is 0 Å². The minimum atomic E-state index is 0.538. The highest BCUT2D eigenvalue weighted by molar-refractivity contribution is 7.12. The molecule has 1 nitrogen and oxygen atoms in total. The first-order valence-corrected chi connectivity index (χ1v) is 8.19. The van der Waals surface area contributed by atoms with Gasteiger partial charge in [-0.05, 0) is 49.7 Å². The van der Waals surface area contributed by atoms with Crippen LogP contribution >= 0.6 is 11.3 Å². The topological polar surface area (TPSA) is 12.5 Å². The lowest BCUT2D eigenvalue weighted by molar-refractivity contribution is 0.349. The molecule has 3 atom stereocenters. The van der Waals surface area contributed by atoms with E-state index in [0.29, 0.717) is 18.1 Å². The Morgan fingerprint density at radius 2 is 2.00 bits per heavy atom. The van der Waals surface area contributed by atoms with Crippen LogP contribution in [0, 0.1) is 5.92 Å².